The number of likely N-dealkylation sites (N-methyl/N-ethyl adjacent to an activating group) is 1. The highest BCUT2D eigenvalue weighted by atomic mass is 31.2. The number of carboxylic acids is 1. The molecule has 7 nitrogen and oxygen atoms in total. The minimum Gasteiger partial charge on any atom is -0.632 e. The van der Waals surface area contributed by atoms with Crippen molar-refractivity contribution in [1.82, 2.24) is 0 Å². The van der Waals surface area contributed by atoms with Crippen molar-refractivity contribution in [2.24, 2.45) is 0 Å². The van der Waals surface area contributed by atoms with E-state index in [-0.39, 0.29) is 6.42 Å². The van der Waals surface area contributed by atoms with Crippen LogP contribution in [0.3, 0.4) is 0 Å². The SMILES string of the molecule is CCC(C(=O)O)[N+](C)([O-])CP(=O)(O)O. The summed E-state index contributed by atoms with van der Waals surface area (Å²) in [5, 5.41) is 20.2. The second kappa shape index (κ2) is 4.37. The molecule has 14 heavy (non-hydrogen) atoms. The van der Waals surface area contributed by atoms with E-state index in [0.29, 0.717) is 0 Å². The summed E-state index contributed by atoms with van der Waals surface area (Å²) in [5.41, 5.74) is 0. The number of hydrogen-bond acceptors (Lipinski definition) is 3. The maximum atomic E-state index is 11.6. The topological polar surface area (TPSA) is 118 Å². The first-order valence-corrected chi connectivity index (χ1v) is 5.73. The summed E-state index contributed by atoms with van der Waals surface area (Å²) in [7, 11) is -3.55. The fourth-order valence-corrected chi connectivity index (χ4v) is 2.19. The predicted octanol–water partition coefficient (Wildman–Crippen LogP) is -0.0708. The molecule has 0 heterocycles. The van der Waals surface area contributed by atoms with Crippen LogP contribution in [0.5, 0.6) is 0 Å². The Labute approximate surface area is 81.3 Å². The van der Waals surface area contributed by atoms with Crippen molar-refractivity contribution < 1.29 is 28.9 Å². The van der Waals surface area contributed by atoms with Crippen LogP contribution in [0.1, 0.15) is 13.3 Å². The summed E-state index contributed by atoms with van der Waals surface area (Å²) in [4.78, 5) is 27.8. The lowest BCUT2D eigenvalue weighted by Crippen LogP contribution is -2.51. The van der Waals surface area contributed by atoms with Gasteiger partial charge in [0.2, 0.25) is 0 Å². The molecular formula is C6H14NO6P. The lowest BCUT2D eigenvalue weighted by atomic mass is 10.2. The molecule has 3 N–H and O–H groups in total. The van der Waals surface area contributed by atoms with Crippen molar-refractivity contribution in [1.29, 1.82) is 0 Å². The van der Waals surface area contributed by atoms with Crippen molar-refractivity contribution in [3.63, 3.8) is 0 Å². The van der Waals surface area contributed by atoms with Crippen LogP contribution in [0.25, 0.3) is 0 Å². The molecule has 0 aromatic carbocycles. The van der Waals surface area contributed by atoms with Crippen LogP contribution < -0.4 is 0 Å². The van der Waals surface area contributed by atoms with Crippen molar-refractivity contribution in [3.05, 3.63) is 5.21 Å². The zero-order valence-corrected chi connectivity index (χ0v) is 8.85. The Morgan fingerprint density at radius 1 is 1.57 bits per heavy atom. The molecule has 0 aliphatic rings. The summed E-state index contributed by atoms with van der Waals surface area (Å²) in [5.74, 6) is -1.35. The highest BCUT2D eigenvalue weighted by Gasteiger charge is 2.35. The van der Waals surface area contributed by atoms with Crippen molar-refractivity contribution in [3.8, 4) is 0 Å². The van der Waals surface area contributed by atoms with Gasteiger partial charge in [0, 0.05) is 6.42 Å². The molecule has 0 aromatic heterocycles. The van der Waals surface area contributed by atoms with E-state index in [2.05, 4.69) is 0 Å². The number of quaternary nitrogens is 1. The molecule has 0 rings (SSSR count). The molecule has 2 atom stereocenters. The summed E-state index contributed by atoms with van der Waals surface area (Å²) < 4.78 is 9.11. The van der Waals surface area contributed by atoms with E-state index < -0.39 is 30.5 Å². The van der Waals surface area contributed by atoms with E-state index in [1.54, 1.807) is 0 Å². The second-order valence-electron chi connectivity index (χ2n) is 3.24. The van der Waals surface area contributed by atoms with Gasteiger partial charge < -0.3 is 24.7 Å². The van der Waals surface area contributed by atoms with Crippen molar-refractivity contribution in [2.45, 2.75) is 19.4 Å². The Morgan fingerprint density at radius 2 is 2.00 bits per heavy atom. The van der Waals surface area contributed by atoms with Gasteiger partial charge in [-0.3, -0.25) is 4.57 Å². The standard InChI is InChI=1S/C6H14NO6P/c1-3-5(6(8)9)7(2,10)4-14(11,12)13/h5H,3-4H2,1-2H3,(H,8,9)(H2,11,12,13). The monoisotopic (exact) mass is 227 g/mol. The van der Waals surface area contributed by atoms with Gasteiger partial charge in [-0.2, -0.15) is 0 Å². The van der Waals surface area contributed by atoms with Crippen LogP contribution in [-0.2, 0) is 9.36 Å². The van der Waals surface area contributed by atoms with Gasteiger partial charge in [0.25, 0.3) is 0 Å². The van der Waals surface area contributed by atoms with Crippen LogP contribution in [0.2, 0.25) is 0 Å². The molecule has 84 valence electrons. The highest BCUT2D eigenvalue weighted by molar-refractivity contribution is 7.51. The number of hydrogen-bond donors (Lipinski definition) is 3. The molecule has 0 bridgehead atoms. The van der Waals surface area contributed by atoms with Gasteiger partial charge in [0.05, 0.1) is 7.05 Å². The minimum absolute atomic E-state index is 0.0231. The highest BCUT2D eigenvalue weighted by Crippen LogP contribution is 2.38. The molecule has 2 unspecified atom stereocenters. The van der Waals surface area contributed by atoms with Crippen molar-refractivity contribution >= 4 is 13.6 Å². The van der Waals surface area contributed by atoms with E-state index in [9.17, 15) is 14.6 Å². The quantitative estimate of drug-likeness (QED) is 0.343. The Balaban J connectivity index is 4.74. The van der Waals surface area contributed by atoms with Crippen LogP contribution in [0.15, 0.2) is 0 Å². The first-order chi connectivity index (χ1) is 6.10. The minimum atomic E-state index is -4.50. The van der Waals surface area contributed by atoms with Gasteiger partial charge in [-0.1, -0.05) is 6.92 Å². The van der Waals surface area contributed by atoms with E-state index in [0.717, 1.165) is 7.05 Å². The average molecular weight is 227 g/mol. The number of nitrogens with zero attached hydrogens (tertiary/aromatic N) is 1. The van der Waals surface area contributed by atoms with Gasteiger partial charge >= 0.3 is 13.6 Å². The summed E-state index contributed by atoms with van der Waals surface area (Å²) in [6, 6.07) is -1.34. The zero-order chi connectivity index (χ0) is 11.6. The normalized spacial score (nSPS) is 18.6. The van der Waals surface area contributed by atoms with Gasteiger partial charge in [-0.25, -0.2) is 4.79 Å². The summed E-state index contributed by atoms with van der Waals surface area (Å²) in [6.07, 6.45) is -0.993. The summed E-state index contributed by atoms with van der Waals surface area (Å²) in [6.45, 7) is 1.48. The smallest absolute Gasteiger partial charge is 0.379 e. The fourth-order valence-electron chi connectivity index (χ4n) is 1.26. The maximum absolute atomic E-state index is 11.6. The van der Waals surface area contributed by atoms with Crippen molar-refractivity contribution in [2.75, 3.05) is 13.3 Å². The first kappa shape index (κ1) is 13.5. The molecule has 0 radical (unpaired) electrons. The molecule has 0 aliphatic carbocycles. The molecule has 0 amide bonds. The third-order valence-electron chi connectivity index (χ3n) is 1.80. The number of carbonyl (C=O) groups is 1. The van der Waals surface area contributed by atoms with E-state index in [1.165, 1.54) is 6.92 Å². The van der Waals surface area contributed by atoms with Crippen LogP contribution in [0, 0.1) is 5.21 Å². The third kappa shape index (κ3) is 4.17. The maximum Gasteiger partial charge on any atom is 0.379 e. The van der Waals surface area contributed by atoms with Gasteiger partial charge in [0.1, 0.15) is 0 Å². The molecular weight excluding hydrogens is 213 g/mol. The number of carboxylic acid groups (broad SMARTS) is 1. The Bertz CT molecular complexity index is 259. The van der Waals surface area contributed by atoms with Crippen LogP contribution in [-0.4, -0.2) is 44.9 Å². The fraction of sp³-hybridized carbons (Fsp3) is 0.833. The number of rotatable bonds is 5. The number of aliphatic carboxylic acids is 1. The lowest BCUT2D eigenvalue weighted by molar-refractivity contribution is -0.867. The number of hydroxylamine groups is 3. The predicted molar refractivity (Wildman–Crippen MR) is 48.2 cm³/mol. The Morgan fingerprint density at radius 3 is 2.21 bits per heavy atom. The second-order valence-corrected chi connectivity index (χ2v) is 4.85. The third-order valence-corrected chi connectivity index (χ3v) is 2.73. The summed E-state index contributed by atoms with van der Waals surface area (Å²) >= 11 is 0. The van der Waals surface area contributed by atoms with Gasteiger partial charge in [0.15, 0.2) is 12.3 Å². The first-order valence-electron chi connectivity index (χ1n) is 3.93. The van der Waals surface area contributed by atoms with Gasteiger partial charge in [-0.05, 0) is 0 Å². The van der Waals surface area contributed by atoms with E-state index in [1.807, 2.05) is 0 Å². The van der Waals surface area contributed by atoms with E-state index >= 15 is 0 Å². The molecule has 0 aliphatic heterocycles. The Kier molecular flexibility index (Phi) is 4.23. The van der Waals surface area contributed by atoms with Gasteiger partial charge in [-0.15, -0.1) is 0 Å². The molecule has 0 saturated heterocycles. The molecule has 0 fully saturated rings. The van der Waals surface area contributed by atoms with E-state index in [4.69, 9.17) is 14.9 Å². The molecule has 8 heteroatoms. The molecule has 0 spiro atoms. The lowest BCUT2D eigenvalue weighted by Gasteiger charge is -2.42. The van der Waals surface area contributed by atoms with Crippen LogP contribution >= 0.6 is 7.60 Å². The molecule has 0 saturated carbocycles. The Hall–Kier alpha value is -0.460. The largest absolute Gasteiger partial charge is 0.632 e. The van der Waals surface area contributed by atoms with Crippen LogP contribution in [0.4, 0.5) is 0 Å². The zero-order valence-electron chi connectivity index (χ0n) is 7.95. The molecule has 0 aromatic rings. The average Bonchev–Trinajstić information content (AvgIpc) is 1.79.